The summed E-state index contributed by atoms with van der Waals surface area (Å²) in [5.74, 6) is 0.00549. The van der Waals surface area contributed by atoms with E-state index in [1.807, 2.05) is 53.4 Å². The number of carbonyl (C=O) groups is 2. The van der Waals surface area contributed by atoms with E-state index < -0.39 is 0 Å². The van der Waals surface area contributed by atoms with Gasteiger partial charge >= 0.3 is 0 Å². The Morgan fingerprint density at radius 3 is 2.28 bits per heavy atom. The highest BCUT2D eigenvalue weighted by Crippen LogP contribution is 2.25. The van der Waals surface area contributed by atoms with Gasteiger partial charge in [0.05, 0.1) is 0 Å². The van der Waals surface area contributed by atoms with Crippen LogP contribution < -0.4 is 5.32 Å². The van der Waals surface area contributed by atoms with Crippen molar-refractivity contribution in [3.8, 4) is 11.1 Å². The molecule has 2 amide bonds. The number of nitrogens with zero attached hydrogens (tertiary/aromatic N) is 2. The summed E-state index contributed by atoms with van der Waals surface area (Å²) in [6, 6.07) is 26.7. The molecule has 3 aromatic carbocycles. The summed E-state index contributed by atoms with van der Waals surface area (Å²) < 4.78 is 0. The lowest BCUT2D eigenvalue weighted by molar-refractivity contribution is -0.132. The van der Waals surface area contributed by atoms with E-state index in [0.29, 0.717) is 32.5 Å². The maximum absolute atomic E-state index is 12.9. The van der Waals surface area contributed by atoms with Gasteiger partial charge in [-0.1, -0.05) is 78.9 Å². The molecular weight excluding hydrogens is 446 g/mol. The van der Waals surface area contributed by atoms with Gasteiger partial charge in [-0.25, -0.2) is 0 Å². The standard InChI is InChI=1S/C31H35N3O2/c1-33(2)23-25-12-15-26(16-13-25)29-11-7-6-10-28(29)22-32-31(36)27-18-20-34(21-19-27)30(35)17-14-24-8-4-3-5-9-24/h3-17,27H,18-23H2,1-2H3,(H,32,36)/b17-14+. The zero-order valence-electron chi connectivity index (χ0n) is 21.2. The van der Waals surface area contributed by atoms with Gasteiger partial charge in [0.1, 0.15) is 0 Å². The summed E-state index contributed by atoms with van der Waals surface area (Å²) in [5, 5.41) is 3.14. The normalized spacial score (nSPS) is 14.4. The number of piperidine rings is 1. The quantitative estimate of drug-likeness (QED) is 0.462. The van der Waals surface area contributed by atoms with Crippen LogP contribution in [0.1, 0.15) is 29.5 Å². The van der Waals surface area contributed by atoms with Gasteiger partial charge in [0, 0.05) is 38.2 Å². The highest BCUT2D eigenvalue weighted by atomic mass is 16.2. The van der Waals surface area contributed by atoms with Gasteiger partial charge in [-0.05, 0) is 60.8 Å². The van der Waals surface area contributed by atoms with Crippen LogP contribution in [0.25, 0.3) is 17.2 Å². The second-order valence-electron chi connectivity index (χ2n) is 9.65. The third kappa shape index (κ3) is 6.92. The van der Waals surface area contributed by atoms with E-state index in [2.05, 4.69) is 60.7 Å². The van der Waals surface area contributed by atoms with Crippen LogP contribution in [-0.4, -0.2) is 48.8 Å². The number of nitrogens with one attached hydrogen (secondary N) is 1. The molecule has 0 spiro atoms. The zero-order valence-corrected chi connectivity index (χ0v) is 21.2. The minimum absolute atomic E-state index is 0.00300. The van der Waals surface area contributed by atoms with Crippen molar-refractivity contribution >= 4 is 17.9 Å². The largest absolute Gasteiger partial charge is 0.352 e. The minimum Gasteiger partial charge on any atom is -0.352 e. The van der Waals surface area contributed by atoms with Crippen LogP contribution in [0, 0.1) is 5.92 Å². The molecule has 0 saturated carbocycles. The maximum Gasteiger partial charge on any atom is 0.246 e. The lowest BCUT2D eigenvalue weighted by Gasteiger charge is -2.30. The van der Waals surface area contributed by atoms with Crippen LogP contribution in [0.4, 0.5) is 0 Å². The van der Waals surface area contributed by atoms with Gasteiger partial charge in [-0.3, -0.25) is 9.59 Å². The Morgan fingerprint density at radius 2 is 1.58 bits per heavy atom. The van der Waals surface area contributed by atoms with Crippen LogP contribution in [0.15, 0.2) is 84.9 Å². The third-order valence-electron chi connectivity index (χ3n) is 6.63. The summed E-state index contributed by atoms with van der Waals surface area (Å²) in [4.78, 5) is 29.4. The molecule has 0 atom stereocenters. The van der Waals surface area contributed by atoms with Crippen LogP contribution in [-0.2, 0) is 22.7 Å². The van der Waals surface area contributed by atoms with Crippen LogP contribution in [0.3, 0.4) is 0 Å². The average molecular weight is 482 g/mol. The van der Waals surface area contributed by atoms with Gasteiger partial charge in [-0.2, -0.15) is 0 Å². The summed E-state index contributed by atoms with van der Waals surface area (Å²) in [6.45, 7) is 2.61. The van der Waals surface area contributed by atoms with Crippen molar-refractivity contribution in [2.45, 2.75) is 25.9 Å². The molecule has 1 aliphatic heterocycles. The van der Waals surface area contributed by atoms with E-state index in [4.69, 9.17) is 0 Å². The topological polar surface area (TPSA) is 52.7 Å². The van der Waals surface area contributed by atoms with Crippen molar-refractivity contribution in [2.75, 3.05) is 27.2 Å². The predicted molar refractivity (Wildman–Crippen MR) is 146 cm³/mol. The Bertz CT molecular complexity index is 1180. The molecule has 3 aromatic rings. The van der Waals surface area contributed by atoms with Crippen molar-refractivity contribution in [2.24, 2.45) is 5.92 Å². The SMILES string of the molecule is CN(C)Cc1ccc(-c2ccccc2CNC(=O)C2CCN(C(=O)/C=C/c3ccccc3)CC2)cc1. The van der Waals surface area contributed by atoms with E-state index in [1.165, 1.54) is 5.56 Å². The van der Waals surface area contributed by atoms with Crippen molar-refractivity contribution in [1.82, 2.24) is 15.1 Å². The Morgan fingerprint density at radius 1 is 0.917 bits per heavy atom. The molecular formula is C31H35N3O2. The van der Waals surface area contributed by atoms with Crippen molar-refractivity contribution in [1.29, 1.82) is 0 Å². The lowest BCUT2D eigenvalue weighted by atomic mass is 9.95. The first-order chi connectivity index (χ1) is 17.5. The molecule has 5 nitrogen and oxygen atoms in total. The molecule has 1 fully saturated rings. The fraction of sp³-hybridized carbons (Fsp3) is 0.290. The Balaban J connectivity index is 1.29. The first-order valence-corrected chi connectivity index (χ1v) is 12.6. The fourth-order valence-electron chi connectivity index (χ4n) is 4.64. The molecule has 1 saturated heterocycles. The van der Waals surface area contributed by atoms with Crippen molar-refractivity contribution in [3.05, 3.63) is 102 Å². The van der Waals surface area contributed by atoms with Crippen molar-refractivity contribution < 1.29 is 9.59 Å². The van der Waals surface area contributed by atoms with Gasteiger partial charge < -0.3 is 15.1 Å². The summed E-state index contributed by atoms with van der Waals surface area (Å²) >= 11 is 0. The first kappa shape index (κ1) is 25.4. The molecule has 0 aromatic heterocycles. The fourth-order valence-corrected chi connectivity index (χ4v) is 4.64. The van der Waals surface area contributed by atoms with E-state index in [-0.39, 0.29) is 17.7 Å². The van der Waals surface area contributed by atoms with Crippen LogP contribution in [0.2, 0.25) is 0 Å². The summed E-state index contributed by atoms with van der Waals surface area (Å²) in [5.41, 5.74) is 5.67. The molecule has 1 N–H and O–H groups in total. The number of rotatable bonds is 8. The first-order valence-electron chi connectivity index (χ1n) is 12.6. The predicted octanol–water partition coefficient (Wildman–Crippen LogP) is 4.98. The molecule has 1 aliphatic rings. The van der Waals surface area contributed by atoms with E-state index in [1.54, 1.807) is 6.08 Å². The monoisotopic (exact) mass is 481 g/mol. The van der Waals surface area contributed by atoms with E-state index in [0.717, 1.165) is 28.8 Å². The molecule has 0 unspecified atom stereocenters. The van der Waals surface area contributed by atoms with Crippen LogP contribution >= 0.6 is 0 Å². The van der Waals surface area contributed by atoms with Gasteiger partial charge in [0.25, 0.3) is 0 Å². The van der Waals surface area contributed by atoms with Crippen molar-refractivity contribution in [3.63, 3.8) is 0 Å². The smallest absolute Gasteiger partial charge is 0.246 e. The lowest BCUT2D eigenvalue weighted by Crippen LogP contribution is -2.42. The summed E-state index contributed by atoms with van der Waals surface area (Å²) in [6.07, 6.45) is 4.84. The Hall–Kier alpha value is -3.70. The summed E-state index contributed by atoms with van der Waals surface area (Å²) in [7, 11) is 4.13. The molecule has 4 rings (SSSR count). The molecule has 0 radical (unpaired) electrons. The molecule has 0 aliphatic carbocycles. The number of carbonyl (C=O) groups excluding carboxylic acids is 2. The number of likely N-dealkylation sites (tertiary alicyclic amines) is 1. The number of hydrogen-bond acceptors (Lipinski definition) is 3. The molecule has 5 heteroatoms. The molecule has 0 bridgehead atoms. The zero-order chi connectivity index (χ0) is 25.3. The van der Waals surface area contributed by atoms with E-state index in [9.17, 15) is 9.59 Å². The molecule has 186 valence electrons. The van der Waals surface area contributed by atoms with E-state index >= 15 is 0 Å². The third-order valence-corrected chi connectivity index (χ3v) is 6.63. The molecule has 1 heterocycles. The maximum atomic E-state index is 12.9. The van der Waals surface area contributed by atoms with Gasteiger partial charge in [-0.15, -0.1) is 0 Å². The molecule has 36 heavy (non-hydrogen) atoms. The highest BCUT2D eigenvalue weighted by molar-refractivity contribution is 5.92. The van der Waals surface area contributed by atoms with Crippen LogP contribution in [0.5, 0.6) is 0 Å². The Kier molecular flexibility index (Phi) is 8.69. The number of benzene rings is 3. The number of hydrogen-bond donors (Lipinski definition) is 1. The highest BCUT2D eigenvalue weighted by Gasteiger charge is 2.26. The van der Waals surface area contributed by atoms with Gasteiger partial charge in [0.2, 0.25) is 11.8 Å². The average Bonchev–Trinajstić information content (AvgIpc) is 2.91. The number of amides is 2. The second kappa shape index (κ2) is 12.3. The Labute approximate surface area is 214 Å². The second-order valence-corrected chi connectivity index (χ2v) is 9.65. The minimum atomic E-state index is -0.0652. The van der Waals surface area contributed by atoms with Gasteiger partial charge in [0.15, 0.2) is 0 Å².